The summed E-state index contributed by atoms with van der Waals surface area (Å²) in [6.07, 6.45) is 1.21. The van der Waals surface area contributed by atoms with E-state index in [0.717, 1.165) is 12.0 Å². The first-order chi connectivity index (χ1) is 9.30. The predicted molar refractivity (Wildman–Crippen MR) is 77.7 cm³/mol. The highest BCUT2D eigenvalue weighted by Crippen LogP contribution is 2.22. The van der Waals surface area contributed by atoms with Crippen LogP contribution in [0.2, 0.25) is 0 Å². The van der Waals surface area contributed by atoms with E-state index in [1.165, 1.54) is 19.2 Å². The first kappa shape index (κ1) is 16.6. The fourth-order valence-corrected chi connectivity index (χ4v) is 2.10. The maximum absolute atomic E-state index is 12.8. The van der Waals surface area contributed by atoms with Crippen molar-refractivity contribution in [3.05, 3.63) is 35.6 Å². The summed E-state index contributed by atoms with van der Waals surface area (Å²) in [4.78, 5) is 11.5. The number of nitrogens with one attached hydrogen (secondary N) is 1. The van der Waals surface area contributed by atoms with Crippen molar-refractivity contribution in [2.45, 2.75) is 46.2 Å². The molecule has 0 aliphatic heterocycles. The summed E-state index contributed by atoms with van der Waals surface area (Å²) >= 11 is 0. The van der Waals surface area contributed by atoms with Crippen LogP contribution in [0.15, 0.2) is 24.3 Å². The molecule has 1 rings (SSSR count). The first-order valence-corrected chi connectivity index (χ1v) is 6.85. The van der Waals surface area contributed by atoms with E-state index in [9.17, 15) is 9.18 Å². The average molecular weight is 281 g/mol. The molecule has 0 aliphatic carbocycles. The van der Waals surface area contributed by atoms with Crippen molar-refractivity contribution in [1.82, 2.24) is 5.32 Å². The summed E-state index contributed by atoms with van der Waals surface area (Å²) in [5.74, 6) is -0.458. The highest BCUT2D eigenvalue weighted by molar-refractivity contribution is 5.69. The van der Waals surface area contributed by atoms with Gasteiger partial charge in [0.15, 0.2) is 0 Å². The van der Waals surface area contributed by atoms with Crippen LogP contribution < -0.4 is 5.32 Å². The molecule has 0 amide bonds. The molecule has 0 saturated heterocycles. The van der Waals surface area contributed by atoms with E-state index in [-0.39, 0.29) is 23.2 Å². The number of carbonyl (C=O) groups is 1. The van der Waals surface area contributed by atoms with Crippen molar-refractivity contribution in [2.75, 3.05) is 7.11 Å². The van der Waals surface area contributed by atoms with Crippen LogP contribution >= 0.6 is 0 Å². The normalized spacial score (nSPS) is 13.1. The van der Waals surface area contributed by atoms with Gasteiger partial charge in [0.1, 0.15) is 5.82 Å². The third-order valence-corrected chi connectivity index (χ3v) is 3.01. The fraction of sp³-hybridized carbons (Fsp3) is 0.562. The summed E-state index contributed by atoms with van der Waals surface area (Å²) in [5.41, 5.74) is 1.12. The smallest absolute Gasteiger partial charge is 0.307 e. The van der Waals surface area contributed by atoms with Gasteiger partial charge in [0.05, 0.1) is 13.5 Å². The number of benzene rings is 1. The van der Waals surface area contributed by atoms with E-state index < -0.39 is 0 Å². The second-order valence-corrected chi connectivity index (χ2v) is 6.25. The molecule has 4 heteroatoms. The zero-order chi connectivity index (χ0) is 15.2. The summed E-state index contributed by atoms with van der Waals surface area (Å²) in [5, 5.41) is 3.35. The number of carbonyl (C=O) groups excluding carboxylic acids is 1. The van der Waals surface area contributed by atoms with Crippen LogP contribution in [0.1, 0.15) is 39.2 Å². The topological polar surface area (TPSA) is 38.3 Å². The van der Waals surface area contributed by atoms with E-state index in [2.05, 4.69) is 26.1 Å². The van der Waals surface area contributed by atoms with Crippen LogP contribution in [0.25, 0.3) is 0 Å². The monoisotopic (exact) mass is 281 g/mol. The second-order valence-electron chi connectivity index (χ2n) is 6.25. The zero-order valence-corrected chi connectivity index (χ0v) is 12.7. The molecule has 0 aliphatic rings. The number of hydrogen-bond donors (Lipinski definition) is 1. The lowest BCUT2D eigenvalue weighted by Gasteiger charge is -2.26. The summed E-state index contributed by atoms with van der Waals surface area (Å²) < 4.78 is 17.6. The molecule has 0 aromatic heterocycles. The van der Waals surface area contributed by atoms with E-state index in [0.29, 0.717) is 13.0 Å². The van der Waals surface area contributed by atoms with Crippen molar-refractivity contribution in [3.63, 3.8) is 0 Å². The fourth-order valence-electron chi connectivity index (χ4n) is 2.10. The number of halogens is 1. The van der Waals surface area contributed by atoms with Crippen LogP contribution in [0.5, 0.6) is 0 Å². The first-order valence-electron chi connectivity index (χ1n) is 6.85. The molecule has 112 valence electrons. The third kappa shape index (κ3) is 6.66. The van der Waals surface area contributed by atoms with Gasteiger partial charge in [-0.15, -0.1) is 0 Å². The van der Waals surface area contributed by atoms with Gasteiger partial charge in [0, 0.05) is 12.6 Å². The Morgan fingerprint density at radius 1 is 1.30 bits per heavy atom. The lowest BCUT2D eigenvalue weighted by Crippen LogP contribution is -2.34. The standard InChI is InChI=1S/C16H24FNO2/c1-16(2,3)10-14(9-15(19)20-4)18-11-12-5-7-13(17)8-6-12/h5-8,14,18H,9-11H2,1-4H3. The summed E-state index contributed by atoms with van der Waals surface area (Å²) in [6, 6.07) is 6.42. The van der Waals surface area contributed by atoms with Crippen LogP contribution in [0.4, 0.5) is 4.39 Å². The van der Waals surface area contributed by atoms with Crippen LogP contribution in [-0.2, 0) is 16.1 Å². The summed E-state index contributed by atoms with van der Waals surface area (Å²) in [7, 11) is 1.40. The Bertz CT molecular complexity index is 423. The van der Waals surface area contributed by atoms with Crippen LogP contribution in [-0.4, -0.2) is 19.1 Å². The molecule has 3 nitrogen and oxygen atoms in total. The average Bonchev–Trinajstić information content (AvgIpc) is 2.36. The Balaban J connectivity index is 2.59. The lowest BCUT2D eigenvalue weighted by atomic mass is 9.87. The van der Waals surface area contributed by atoms with E-state index in [4.69, 9.17) is 4.74 Å². The SMILES string of the molecule is COC(=O)CC(CC(C)(C)C)NCc1ccc(F)cc1. The Morgan fingerprint density at radius 3 is 2.40 bits per heavy atom. The molecule has 0 radical (unpaired) electrons. The van der Waals surface area contributed by atoms with Crippen molar-refractivity contribution in [2.24, 2.45) is 5.41 Å². The van der Waals surface area contributed by atoms with Gasteiger partial charge in [0.2, 0.25) is 0 Å². The van der Waals surface area contributed by atoms with Crippen molar-refractivity contribution in [3.8, 4) is 0 Å². The van der Waals surface area contributed by atoms with Crippen LogP contribution in [0.3, 0.4) is 0 Å². The maximum atomic E-state index is 12.8. The minimum atomic E-state index is -0.241. The largest absolute Gasteiger partial charge is 0.469 e. The summed E-state index contributed by atoms with van der Waals surface area (Å²) in [6.45, 7) is 7.02. The van der Waals surface area contributed by atoms with Gasteiger partial charge >= 0.3 is 5.97 Å². The highest BCUT2D eigenvalue weighted by atomic mass is 19.1. The number of rotatable bonds is 6. The second kappa shape index (κ2) is 7.39. The Kier molecular flexibility index (Phi) is 6.14. The lowest BCUT2D eigenvalue weighted by molar-refractivity contribution is -0.141. The number of esters is 1. The molecule has 0 spiro atoms. The minimum Gasteiger partial charge on any atom is -0.469 e. The molecule has 20 heavy (non-hydrogen) atoms. The van der Waals surface area contributed by atoms with Gasteiger partial charge in [-0.25, -0.2) is 4.39 Å². The molecule has 1 aromatic rings. The van der Waals surface area contributed by atoms with E-state index >= 15 is 0 Å². The Morgan fingerprint density at radius 2 is 1.90 bits per heavy atom. The molecule has 1 N–H and O–H groups in total. The quantitative estimate of drug-likeness (QED) is 0.813. The van der Waals surface area contributed by atoms with Crippen molar-refractivity contribution >= 4 is 5.97 Å². The van der Waals surface area contributed by atoms with E-state index in [1.807, 2.05) is 0 Å². The van der Waals surface area contributed by atoms with Gasteiger partial charge in [-0.2, -0.15) is 0 Å². The Hall–Kier alpha value is -1.42. The van der Waals surface area contributed by atoms with E-state index in [1.54, 1.807) is 12.1 Å². The predicted octanol–water partition coefficient (Wildman–Crippen LogP) is 3.28. The number of methoxy groups -OCH3 is 1. The van der Waals surface area contributed by atoms with Gasteiger partial charge in [-0.3, -0.25) is 4.79 Å². The highest BCUT2D eigenvalue weighted by Gasteiger charge is 2.21. The molecule has 1 aromatic carbocycles. The number of hydrogen-bond acceptors (Lipinski definition) is 3. The molecular formula is C16H24FNO2. The van der Waals surface area contributed by atoms with Gasteiger partial charge in [-0.05, 0) is 29.5 Å². The molecular weight excluding hydrogens is 257 g/mol. The molecule has 0 bridgehead atoms. The molecule has 1 atom stereocenters. The third-order valence-electron chi connectivity index (χ3n) is 3.01. The van der Waals surface area contributed by atoms with Crippen molar-refractivity contribution < 1.29 is 13.9 Å². The number of ether oxygens (including phenoxy) is 1. The van der Waals surface area contributed by atoms with Gasteiger partial charge in [0.25, 0.3) is 0 Å². The molecule has 0 fully saturated rings. The van der Waals surface area contributed by atoms with Crippen LogP contribution in [0, 0.1) is 11.2 Å². The molecule has 0 saturated carbocycles. The van der Waals surface area contributed by atoms with Gasteiger partial charge in [-0.1, -0.05) is 32.9 Å². The molecule has 0 heterocycles. The van der Waals surface area contributed by atoms with Crippen molar-refractivity contribution in [1.29, 1.82) is 0 Å². The molecule has 1 unspecified atom stereocenters. The maximum Gasteiger partial charge on any atom is 0.307 e. The minimum absolute atomic E-state index is 0.0486. The van der Waals surface area contributed by atoms with Gasteiger partial charge < -0.3 is 10.1 Å². The Labute approximate surface area is 120 Å². The zero-order valence-electron chi connectivity index (χ0n) is 12.7.